The first-order valence-electron chi connectivity index (χ1n) is 6.79. The summed E-state index contributed by atoms with van der Waals surface area (Å²) in [6.07, 6.45) is 0. The average molecular weight is 390 g/mol. The highest BCUT2D eigenvalue weighted by molar-refractivity contribution is 6.38. The van der Waals surface area contributed by atoms with Crippen molar-refractivity contribution in [3.63, 3.8) is 0 Å². The minimum absolute atomic E-state index is 0.0612. The molecule has 1 aliphatic heterocycles. The molecule has 0 spiro atoms. The van der Waals surface area contributed by atoms with Crippen LogP contribution >= 0.6 is 23.2 Å². The minimum atomic E-state index is -1.28. The number of nitrogens with zero attached hydrogens (tertiary/aromatic N) is 1. The Labute approximate surface area is 152 Å². The number of hydrogen-bond donors (Lipinski definition) is 1. The number of carboxylic acid groups (broad SMARTS) is 1. The zero-order valence-electron chi connectivity index (χ0n) is 13.2. The molecule has 1 aliphatic rings. The van der Waals surface area contributed by atoms with Crippen LogP contribution in [0.2, 0.25) is 10.0 Å². The highest BCUT2D eigenvalue weighted by Crippen LogP contribution is 2.36. The van der Waals surface area contributed by atoms with Crippen LogP contribution in [0.15, 0.2) is 23.4 Å². The van der Waals surface area contributed by atoms with Crippen molar-refractivity contribution in [2.75, 3.05) is 32.5 Å². The maximum atomic E-state index is 12.2. The van der Waals surface area contributed by atoms with E-state index >= 15 is 0 Å². The molecule has 0 radical (unpaired) electrons. The lowest BCUT2D eigenvalue weighted by Gasteiger charge is -2.32. The predicted molar refractivity (Wildman–Crippen MR) is 87.8 cm³/mol. The van der Waals surface area contributed by atoms with E-state index in [2.05, 4.69) is 4.74 Å². The van der Waals surface area contributed by atoms with E-state index in [4.69, 9.17) is 32.7 Å². The normalized spacial score (nSPS) is 14.3. The SMILES string of the molecule is COC(=O)C1=C(C(=O)OC)N(c2cc(C(=O)O)c(Cl)cc2Cl)COC1. The molecule has 25 heavy (non-hydrogen) atoms. The Bertz CT molecular complexity index is 775. The van der Waals surface area contributed by atoms with Gasteiger partial charge < -0.3 is 24.2 Å². The second-order valence-electron chi connectivity index (χ2n) is 4.80. The van der Waals surface area contributed by atoms with Gasteiger partial charge in [-0.25, -0.2) is 14.4 Å². The van der Waals surface area contributed by atoms with E-state index in [1.54, 1.807) is 0 Å². The van der Waals surface area contributed by atoms with Gasteiger partial charge in [0.25, 0.3) is 0 Å². The number of carbonyl (C=O) groups is 3. The Balaban J connectivity index is 2.67. The van der Waals surface area contributed by atoms with Gasteiger partial charge in [-0.05, 0) is 12.1 Å². The first-order valence-corrected chi connectivity index (χ1v) is 7.54. The third-order valence-electron chi connectivity index (χ3n) is 3.39. The maximum absolute atomic E-state index is 12.2. The van der Waals surface area contributed by atoms with Crippen LogP contribution in [-0.4, -0.2) is 50.6 Å². The number of aromatic carboxylic acids is 1. The smallest absolute Gasteiger partial charge is 0.355 e. The van der Waals surface area contributed by atoms with Gasteiger partial charge in [0.15, 0.2) is 0 Å². The fraction of sp³-hybridized carbons (Fsp3) is 0.267. The molecule has 134 valence electrons. The molecule has 0 atom stereocenters. The molecule has 0 saturated heterocycles. The van der Waals surface area contributed by atoms with E-state index < -0.39 is 17.9 Å². The van der Waals surface area contributed by atoms with Gasteiger partial charge in [0.1, 0.15) is 12.4 Å². The van der Waals surface area contributed by atoms with E-state index in [9.17, 15) is 19.5 Å². The summed E-state index contributed by atoms with van der Waals surface area (Å²) >= 11 is 12.0. The van der Waals surface area contributed by atoms with E-state index in [1.807, 2.05) is 0 Å². The first-order chi connectivity index (χ1) is 11.8. The number of carboxylic acids is 1. The average Bonchev–Trinajstić information content (AvgIpc) is 2.59. The number of hydrogen-bond acceptors (Lipinski definition) is 7. The van der Waals surface area contributed by atoms with Crippen LogP contribution in [0.3, 0.4) is 0 Å². The molecule has 0 amide bonds. The molecule has 0 bridgehead atoms. The molecule has 0 unspecified atom stereocenters. The van der Waals surface area contributed by atoms with Gasteiger partial charge in [0.2, 0.25) is 0 Å². The quantitative estimate of drug-likeness (QED) is 0.780. The fourth-order valence-electron chi connectivity index (χ4n) is 2.24. The topological polar surface area (TPSA) is 102 Å². The standard InChI is InChI=1S/C15H13Cl2NO7/c1-23-14(21)8-5-25-6-18(12(8)15(22)24-2)11-3-7(13(19)20)9(16)4-10(11)17/h3-4H,5-6H2,1-2H3,(H,19,20). The van der Waals surface area contributed by atoms with Crippen molar-refractivity contribution >= 4 is 46.8 Å². The number of ether oxygens (including phenoxy) is 3. The molecule has 1 aromatic rings. The number of halogens is 2. The van der Waals surface area contributed by atoms with E-state index in [0.717, 1.165) is 14.2 Å². The Kier molecular flexibility index (Phi) is 5.89. The number of esters is 2. The molecule has 1 N–H and O–H groups in total. The summed E-state index contributed by atoms with van der Waals surface area (Å²) < 4.78 is 14.7. The van der Waals surface area contributed by atoms with Crippen LogP contribution in [0.5, 0.6) is 0 Å². The van der Waals surface area contributed by atoms with E-state index in [0.29, 0.717) is 0 Å². The zero-order chi connectivity index (χ0) is 18.7. The molecule has 0 aliphatic carbocycles. The van der Waals surface area contributed by atoms with E-state index in [-0.39, 0.29) is 45.9 Å². The van der Waals surface area contributed by atoms with Crippen molar-refractivity contribution in [1.29, 1.82) is 0 Å². The molecular formula is C15H13Cl2NO7. The molecule has 8 nitrogen and oxygen atoms in total. The fourth-order valence-corrected chi connectivity index (χ4v) is 2.81. The second kappa shape index (κ2) is 7.73. The lowest BCUT2D eigenvalue weighted by Crippen LogP contribution is -2.39. The van der Waals surface area contributed by atoms with Crippen LogP contribution < -0.4 is 4.90 Å². The Morgan fingerprint density at radius 2 is 1.76 bits per heavy atom. The second-order valence-corrected chi connectivity index (χ2v) is 5.62. The summed E-state index contributed by atoms with van der Waals surface area (Å²) in [7, 11) is 2.30. The van der Waals surface area contributed by atoms with Crippen molar-refractivity contribution in [1.82, 2.24) is 0 Å². The number of benzene rings is 1. The molecule has 1 heterocycles. The van der Waals surface area contributed by atoms with Gasteiger partial charge in [-0.3, -0.25) is 0 Å². The van der Waals surface area contributed by atoms with Crippen LogP contribution in [0, 0.1) is 0 Å². The van der Waals surface area contributed by atoms with Crippen molar-refractivity contribution in [3.8, 4) is 0 Å². The van der Waals surface area contributed by atoms with Gasteiger partial charge in [0, 0.05) is 0 Å². The van der Waals surface area contributed by atoms with Gasteiger partial charge in [-0.1, -0.05) is 23.2 Å². The van der Waals surface area contributed by atoms with Crippen LogP contribution in [0.1, 0.15) is 10.4 Å². The number of carbonyl (C=O) groups excluding carboxylic acids is 2. The molecule has 1 aromatic carbocycles. The van der Waals surface area contributed by atoms with Gasteiger partial charge in [-0.15, -0.1) is 0 Å². The number of methoxy groups -OCH3 is 2. The lowest BCUT2D eigenvalue weighted by atomic mass is 10.1. The Hall–Kier alpha value is -2.29. The zero-order valence-corrected chi connectivity index (χ0v) is 14.7. The molecule has 0 aromatic heterocycles. The van der Waals surface area contributed by atoms with Gasteiger partial charge in [0.05, 0.1) is 47.7 Å². The largest absolute Gasteiger partial charge is 0.478 e. The summed E-state index contributed by atoms with van der Waals surface area (Å²) in [6, 6.07) is 2.41. The first kappa shape index (κ1) is 19.0. The maximum Gasteiger partial charge on any atom is 0.355 e. The van der Waals surface area contributed by atoms with Gasteiger partial charge >= 0.3 is 17.9 Å². The third-order valence-corrected chi connectivity index (χ3v) is 4.01. The lowest BCUT2D eigenvalue weighted by molar-refractivity contribution is -0.140. The molecule has 0 fully saturated rings. The van der Waals surface area contributed by atoms with Crippen molar-refractivity contribution in [3.05, 3.63) is 39.0 Å². The van der Waals surface area contributed by atoms with Crippen molar-refractivity contribution in [2.45, 2.75) is 0 Å². The summed E-state index contributed by atoms with van der Waals surface area (Å²) in [5, 5.41) is 9.21. The monoisotopic (exact) mass is 389 g/mol. The van der Waals surface area contributed by atoms with Crippen LogP contribution in [0.4, 0.5) is 5.69 Å². The van der Waals surface area contributed by atoms with Gasteiger partial charge in [-0.2, -0.15) is 0 Å². The van der Waals surface area contributed by atoms with Crippen LogP contribution in [-0.2, 0) is 23.8 Å². The Morgan fingerprint density at radius 3 is 2.32 bits per heavy atom. The van der Waals surface area contributed by atoms with Crippen molar-refractivity contribution in [2.24, 2.45) is 0 Å². The van der Waals surface area contributed by atoms with Crippen LogP contribution in [0.25, 0.3) is 0 Å². The molecule has 2 rings (SSSR count). The Morgan fingerprint density at radius 1 is 1.12 bits per heavy atom. The molecule has 0 saturated carbocycles. The highest BCUT2D eigenvalue weighted by atomic mass is 35.5. The number of rotatable bonds is 4. The molecular weight excluding hydrogens is 377 g/mol. The van der Waals surface area contributed by atoms with Crippen molar-refractivity contribution < 1.29 is 33.7 Å². The minimum Gasteiger partial charge on any atom is -0.478 e. The summed E-state index contributed by atoms with van der Waals surface area (Å²) in [5.41, 5.74) is -0.343. The number of anilines is 1. The summed E-state index contributed by atoms with van der Waals surface area (Å²) in [4.78, 5) is 36.7. The summed E-state index contributed by atoms with van der Waals surface area (Å²) in [5.74, 6) is -2.89. The third kappa shape index (κ3) is 3.71. The molecule has 10 heteroatoms. The highest BCUT2D eigenvalue weighted by Gasteiger charge is 2.33. The predicted octanol–water partition coefficient (Wildman–Crippen LogP) is 2.09. The van der Waals surface area contributed by atoms with E-state index in [1.165, 1.54) is 17.0 Å². The summed E-state index contributed by atoms with van der Waals surface area (Å²) in [6.45, 7) is -0.337.